The Hall–Kier alpha value is -1.12. The zero-order valence-corrected chi connectivity index (χ0v) is 12.9. The molecular formula is C17H27N3. The summed E-state index contributed by atoms with van der Waals surface area (Å²) in [7, 11) is 0. The van der Waals surface area contributed by atoms with Crippen molar-refractivity contribution in [1.82, 2.24) is 9.97 Å². The molecule has 0 fully saturated rings. The lowest BCUT2D eigenvalue weighted by Gasteiger charge is -2.33. The number of aromatic nitrogens is 2. The van der Waals surface area contributed by atoms with Gasteiger partial charge in [-0.25, -0.2) is 9.97 Å². The van der Waals surface area contributed by atoms with Crippen molar-refractivity contribution in [2.45, 2.75) is 77.0 Å². The van der Waals surface area contributed by atoms with Crippen LogP contribution in [0.4, 0.5) is 5.95 Å². The molecule has 3 atom stereocenters. The molecule has 0 aromatic carbocycles. The molecule has 3 heteroatoms. The summed E-state index contributed by atoms with van der Waals surface area (Å²) in [4.78, 5) is 9.14. The Morgan fingerprint density at radius 2 is 2.05 bits per heavy atom. The molecule has 2 aliphatic carbocycles. The Balaban J connectivity index is 1.83. The smallest absolute Gasteiger partial charge is 0.220 e. The van der Waals surface area contributed by atoms with E-state index in [1.165, 1.54) is 61.9 Å². The van der Waals surface area contributed by atoms with Crippen LogP contribution in [0.25, 0.3) is 0 Å². The Kier molecular flexibility index (Phi) is 3.95. The summed E-state index contributed by atoms with van der Waals surface area (Å²) in [6.45, 7) is 4.68. The summed E-state index contributed by atoms with van der Waals surface area (Å²) in [5.74, 6) is 2.56. The number of hydrogen-bond acceptors (Lipinski definition) is 3. The lowest BCUT2D eigenvalue weighted by molar-refractivity contribution is 0.332. The Morgan fingerprint density at radius 3 is 2.85 bits per heavy atom. The third-order valence-corrected chi connectivity index (χ3v) is 5.27. The van der Waals surface area contributed by atoms with Crippen LogP contribution < -0.4 is 5.73 Å². The van der Waals surface area contributed by atoms with Crippen molar-refractivity contribution in [3.05, 3.63) is 17.0 Å². The van der Waals surface area contributed by atoms with Crippen LogP contribution in [0.3, 0.4) is 0 Å². The summed E-state index contributed by atoms with van der Waals surface area (Å²) >= 11 is 0. The first kappa shape index (κ1) is 13.8. The van der Waals surface area contributed by atoms with Gasteiger partial charge in [-0.1, -0.05) is 39.5 Å². The monoisotopic (exact) mass is 273 g/mol. The number of aryl methyl sites for hydroxylation is 1. The molecule has 0 radical (unpaired) electrons. The molecule has 0 spiro atoms. The minimum Gasteiger partial charge on any atom is -0.368 e. The van der Waals surface area contributed by atoms with Gasteiger partial charge in [-0.05, 0) is 43.1 Å². The molecule has 3 nitrogen and oxygen atoms in total. The normalized spacial score (nSPS) is 27.6. The van der Waals surface area contributed by atoms with Crippen LogP contribution in [0.2, 0.25) is 0 Å². The van der Waals surface area contributed by atoms with E-state index in [9.17, 15) is 0 Å². The fourth-order valence-electron chi connectivity index (χ4n) is 4.26. The van der Waals surface area contributed by atoms with Gasteiger partial charge in [0.05, 0.1) is 5.69 Å². The maximum atomic E-state index is 5.94. The molecule has 2 aliphatic rings. The maximum Gasteiger partial charge on any atom is 0.220 e. The second-order valence-corrected chi connectivity index (χ2v) is 6.73. The first-order valence-corrected chi connectivity index (χ1v) is 8.36. The van der Waals surface area contributed by atoms with Gasteiger partial charge in [-0.2, -0.15) is 0 Å². The van der Waals surface area contributed by atoms with E-state index in [1.807, 2.05) is 0 Å². The minimum atomic E-state index is 0.493. The van der Waals surface area contributed by atoms with Gasteiger partial charge in [0.25, 0.3) is 0 Å². The van der Waals surface area contributed by atoms with Crippen molar-refractivity contribution in [1.29, 1.82) is 0 Å². The van der Waals surface area contributed by atoms with Crippen molar-refractivity contribution in [2.75, 3.05) is 5.73 Å². The van der Waals surface area contributed by atoms with Gasteiger partial charge in [-0.15, -0.1) is 0 Å². The molecule has 1 aromatic heterocycles. The Morgan fingerprint density at radius 1 is 1.20 bits per heavy atom. The van der Waals surface area contributed by atoms with Crippen molar-refractivity contribution in [3.63, 3.8) is 0 Å². The van der Waals surface area contributed by atoms with Gasteiger partial charge >= 0.3 is 0 Å². The van der Waals surface area contributed by atoms with Crippen LogP contribution in [0.5, 0.6) is 0 Å². The molecule has 2 N–H and O–H groups in total. The van der Waals surface area contributed by atoms with Crippen LogP contribution in [0.15, 0.2) is 0 Å². The molecule has 110 valence electrons. The Labute approximate surface area is 122 Å². The second kappa shape index (κ2) is 5.71. The van der Waals surface area contributed by atoms with Crippen molar-refractivity contribution in [2.24, 2.45) is 5.92 Å². The number of nitrogens with zero attached hydrogens (tertiary/aromatic N) is 2. The van der Waals surface area contributed by atoms with Crippen molar-refractivity contribution in [3.8, 4) is 0 Å². The first-order chi connectivity index (χ1) is 9.70. The van der Waals surface area contributed by atoms with Gasteiger partial charge in [0.2, 0.25) is 5.95 Å². The highest BCUT2D eigenvalue weighted by Gasteiger charge is 2.38. The van der Waals surface area contributed by atoms with E-state index < -0.39 is 0 Å². The number of nitrogen functional groups attached to an aromatic ring is 1. The number of anilines is 1. The first-order valence-electron chi connectivity index (χ1n) is 8.36. The number of nitrogens with two attached hydrogens (primary N) is 1. The zero-order valence-electron chi connectivity index (χ0n) is 12.9. The summed E-state index contributed by atoms with van der Waals surface area (Å²) in [6, 6.07) is 0. The molecule has 0 bridgehead atoms. The molecule has 3 rings (SSSR count). The highest BCUT2D eigenvalue weighted by molar-refractivity contribution is 5.42. The maximum absolute atomic E-state index is 5.94. The van der Waals surface area contributed by atoms with E-state index >= 15 is 0 Å². The van der Waals surface area contributed by atoms with Crippen LogP contribution in [-0.2, 0) is 6.42 Å². The highest BCUT2D eigenvalue weighted by atomic mass is 15.0. The van der Waals surface area contributed by atoms with E-state index in [-0.39, 0.29) is 0 Å². The van der Waals surface area contributed by atoms with Crippen molar-refractivity contribution >= 4 is 5.95 Å². The SMILES string of the molecule is CCCCCC[C@H]1c2nc(N)nc3c2[C@@H](CC3)C[C@H]1C. The molecule has 20 heavy (non-hydrogen) atoms. The summed E-state index contributed by atoms with van der Waals surface area (Å²) < 4.78 is 0. The molecule has 1 heterocycles. The number of rotatable bonds is 5. The predicted molar refractivity (Wildman–Crippen MR) is 82.8 cm³/mol. The van der Waals surface area contributed by atoms with Gasteiger partial charge < -0.3 is 5.73 Å². The number of unbranched alkanes of at least 4 members (excludes halogenated alkanes) is 3. The second-order valence-electron chi connectivity index (χ2n) is 6.73. The molecule has 0 saturated carbocycles. The third kappa shape index (κ3) is 2.43. The summed E-state index contributed by atoms with van der Waals surface area (Å²) in [6.07, 6.45) is 10.3. The fourth-order valence-corrected chi connectivity index (χ4v) is 4.26. The van der Waals surface area contributed by atoms with Crippen LogP contribution in [0.1, 0.15) is 87.6 Å². The van der Waals surface area contributed by atoms with E-state index in [0.717, 1.165) is 12.3 Å². The standard InChI is InChI=1S/C17H27N3/c1-3-4-5-6-7-13-11(2)10-12-8-9-14-15(12)16(13)20-17(18)19-14/h11-13H,3-10H2,1-2H3,(H2,18,19,20)/t11-,12+,13-/m1/s1. The van der Waals surface area contributed by atoms with Crippen LogP contribution in [-0.4, -0.2) is 9.97 Å². The van der Waals surface area contributed by atoms with Gasteiger partial charge in [0.1, 0.15) is 0 Å². The molecule has 0 aliphatic heterocycles. The van der Waals surface area contributed by atoms with Crippen molar-refractivity contribution < 1.29 is 0 Å². The van der Waals surface area contributed by atoms with E-state index in [0.29, 0.717) is 17.8 Å². The average Bonchev–Trinajstić information content (AvgIpc) is 2.80. The third-order valence-electron chi connectivity index (χ3n) is 5.27. The zero-order chi connectivity index (χ0) is 14.1. The van der Waals surface area contributed by atoms with E-state index in [1.54, 1.807) is 0 Å². The molecule has 0 unspecified atom stereocenters. The predicted octanol–water partition coefficient (Wildman–Crippen LogP) is 4.18. The summed E-state index contributed by atoms with van der Waals surface area (Å²) in [5, 5.41) is 0. The number of hydrogen-bond donors (Lipinski definition) is 1. The van der Waals surface area contributed by atoms with Gasteiger partial charge in [-0.3, -0.25) is 0 Å². The largest absolute Gasteiger partial charge is 0.368 e. The van der Waals surface area contributed by atoms with Gasteiger partial charge in [0, 0.05) is 11.6 Å². The molecule has 0 saturated heterocycles. The molecule has 0 amide bonds. The fraction of sp³-hybridized carbons (Fsp3) is 0.765. The molecule has 1 aromatic rings. The lowest BCUT2D eigenvalue weighted by atomic mass is 9.72. The van der Waals surface area contributed by atoms with Crippen LogP contribution in [0, 0.1) is 5.92 Å². The highest BCUT2D eigenvalue weighted by Crippen LogP contribution is 2.49. The topological polar surface area (TPSA) is 51.8 Å². The van der Waals surface area contributed by atoms with E-state index in [2.05, 4.69) is 23.8 Å². The Bertz CT molecular complexity index is 483. The molecular weight excluding hydrogens is 246 g/mol. The van der Waals surface area contributed by atoms with Crippen LogP contribution >= 0.6 is 0 Å². The van der Waals surface area contributed by atoms with Gasteiger partial charge in [0.15, 0.2) is 0 Å². The van der Waals surface area contributed by atoms with E-state index in [4.69, 9.17) is 5.73 Å². The quantitative estimate of drug-likeness (QED) is 0.819. The lowest BCUT2D eigenvalue weighted by Crippen LogP contribution is -2.23. The summed E-state index contributed by atoms with van der Waals surface area (Å²) in [5.41, 5.74) is 9.99. The average molecular weight is 273 g/mol. The minimum absolute atomic E-state index is 0.493.